The van der Waals surface area contributed by atoms with Crippen molar-refractivity contribution in [2.75, 3.05) is 6.61 Å². The van der Waals surface area contributed by atoms with Crippen molar-refractivity contribution in [1.29, 1.82) is 0 Å². The quantitative estimate of drug-likeness (QED) is 0.763. The number of hydrogen-bond acceptors (Lipinski definition) is 4. The summed E-state index contributed by atoms with van der Waals surface area (Å²) in [6.07, 6.45) is 2.24. The fourth-order valence-electron chi connectivity index (χ4n) is 1.98. The van der Waals surface area contributed by atoms with Gasteiger partial charge in [-0.25, -0.2) is 0 Å². The topological polar surface area (TPSA) is 59.2 Å². The number of pyridine rings is 1. The van der Waals surface area contributed by atoms with Gasteiger partial charge in [0.15, 0.2) is 0 Å². The molecule has 0 bridgehead atoms. The van der Waals surface area contributed by atoms with Crippen molar-refractivity contribution in [2.24, 2.45) is 0 Å². The number of fused-ring (bicyclic) bond motifs is 1. The second-order valence-electron chi connectivity index (χ2n) is 4.03. The van der Waals surface area contributed by atoms with E-state index in [2.05, 4.69) is 10.1 Å². The number of rotatable bonds is 3. The maximum absolute atomic E-state index is 8.87. The fraction of sp³-hybridized carbons (Fsp3) is 0.143. The number of aliphatic hydroxyl groups is 1. The highest BCUT2D eigenvalue weighted by atomic mass is 16.5. The first-order valence-electron chi connectivity index (χ1n) is 5.79. The van der Waals surface area contributed by atoms with Gasteiger partial charge in [0.2, 0.25) is 0 Å². The molecule has 0 aliphatic rings. The molecule has 0 spiro atoms. The number of hydrogen-bond donors (Lipinski definition) is 1. The largest absolute Gasteiger partial charge is 0.396 e. The third-order valence-electron chi connectivity index (χ3n) is 2.83. The highest BCUT2D eigenvalue weighted by Crippen LogP contribution is 2.26. The van der Waals surface area contributed by atoms with E-state index in [-0.39, 0.29) is 6.61 Å². The first-order valence-corrected chi connectivity index (χ1v) is 5.79. The maximum Gasteiger partial charge on any atom is 0.139 e. The Labute approximate surface area is 104 Å². The predicted molar refractivity (Wildman–Crippen MR) is 68.0 cm³/mol. The van der Waals surface area contributed by atoms with Crippen LogP contribution in [0.25, 0.3) is 22.2 Å². The summed E-state index contributed by atoms with van der Waals surface area (Å²) in [6, 6.07) is 11.7. The molecule has 90 valence electrons. The lowest BCUT2D eigenvalue weighted by Gasteiger charge is -2.01. The normalized spacial score (nSPS) is 10.9. The van der Waals surface area contributed by atoms with E-state index in [1.54, 1.807) is 6.20 Å². The minimum atomic E-state index is 0.0580. The van der Waals surface area contributed by atoms with Crippen LogP contribution in [0, 0.1) is 0 Å². The molecule has 1 aromatic carbocycles. The fourth-order valence-corrected chi connectivity index (χ4v) is 1.98. The predicted octanol–water partition coefficient (Wildman–Crippen LogP) is 2.42. The summed E-state index contributed by atoms with van der Waals surface area (Å²) in [5.74, 6) is 0.681. The summed E-state index contributed by atoms with van der Waals surface area (Å²) >= 11 is 0. The number of para-hydroxylation sites is 1. The second kappa shape index (κ2) is 4.58. The summed E-state index contributed by atoms with van der Waals surface area (Å²) in [7, 11) is 0. The molecule has 4 heteroatoms. The molecule has 1 N–H and O–H groups in total. The molecular formula is C14H12N2O2. The first-order chi connectivity index (χ1) is 8.88. The van der Waals surface area contributed by atoms with Crippen LogP contribution >= 0.6 is 0 Å². The van der Waals surface area contributed by atoms with E-state index < -0.39 is 0 Å². The van der Waals surface area contributed by atoms with Crippen molar-refractivity contribution in [3.05, 3.63) is 48.4 Å². The Morgan fingerprint density at radius 2 is 2.06 bits per heavy atom. The van der Waals surface area contributed by atoms with Crippen molar-refractivity contribution in [2.45, 2.75) is 6.42 Å². The van der Waals surface area contributed by atoms with Crippen LogP contribution in [0.5, 0.6) is 0 Å². The number of aromatic nitrogens is 2. The monoisotopic (exact) mass is 240 g/mol. The lowest BCUT2D eigenvalue weighted by atomic mass is 10.1. The summed E-state index contributed by atoms with van der Waals surface area (Å²) in [5.41, 5.74) is 2.60. The number of benzene rings is 1. The van der Waals surface area contributed by atoms with Crippen molar-refractivity contribution >= 4 is 10.9 Å². The second-order valence-corrected chi connectivity index (χ2v) is 4.03. The molecule has 0 unspecified atom stereocenters. The van der Waals surface area contributed by atoms with Crippen molar-refractivity contribution < 1.29 is 9.63 Å². The van der Waals surface area contributed by atoms with E-state index in [9.17, 15) is 0 Å². The average molecular weight is 240 g/mol. The Bertz CT molecular complexity index is 671. The molecule has 0 saturated carbocycles. The van der Waals surface area contributed by atoms with Gasteiger partial charge in [-0.15, -0.1) is 0 Å². The zero-order chi connectivity index (χ0) is 12.4. The summed E-state index contributed by atoms with van der Waals surface area (Å²) in [5, 5.41) is 14.0. The minimum absolute atomic E-state index is 0.0580. The summed E-state index contributed by atoms with van der Waals surface area (Å²) in [4.78, 5) is 4.38. The van der Waals surface area contributed by atoms with Crippen LogP contribution in [0.2, 0.25) is 0 Å². The maximum atomic E-state index is 8.87. The van der Waals surface area contributed by atoms with Crippen LogP contribution < -0.4 is 0 Å². The molecule has 2 heterocycles. The van der Waals surface area contributed by atoms with Crippen molar-refractivity contribution in [3.63, 3.8) is 0 Å². The van der Waals surface area contributed by atoms with Gasteiger partial charge in [-0.2, -0.15) is 0 Å². The lowest BCUT2D eigenvalue weighted by Crippen LogP contribution is -1.86. The van der Waals surface area contributed by atoms with Gasteiger partial charge in [-0.3, -0.25) is 4.98 Å². The molecule has 0 aliphatic heterocycles. The first kappa shape index (κ1) is 10.9. The van der Waals surface area contributed by atoms with E-state index in [0.29, 0.717) is 12.2 Å². The van der Waals surface area contributed by atoms with E-state index in [1.165, 1.54) is 0 Å². The van der Waals surface area contributed by atoms with Crippen LogP contribution in [0.3, 0.4) is 0 Å². The van der Waals surface area contributed by atoms with Gasteiger partial charge in [-0.05, 0) is 6.07 Å². The van der Waals surface area contributed by atoms with Crippen LogP contribution in [0.15, 0.2) is 47.1 Å². The Morgan fingerprint density at radius 1 is 1.17 bits per heavy atom. The molecule has 4 nitrogen and oxygen atoms in total. The van der Waals surface area contributed by atoms with E-state index in [0.717, 1.165) is 22.2 Å². The molecule has 2 aromatic heterocycles. The van der Waals surface area contributed by atoms with E-state index in [1.807, 2.05) is 36.4 Å². The van der Waals surface area contributed by atoms with Gasteiger partial charge in [0, 0.05) is 29.6 Å². The Balaban J connectivity index is 2.12. The van der Waals surface area contributed by atoms with Gasteiger partial charge in [0.25, 0.3) is 0 Å². The molecule has 3 aromatic rings. The molecule has 3 rings (SSSR count). The third-order valence-corrected chi connectivity index (χ3v) is 2.83. The van der Waals surface area contributed by atoms with E-state index >= 15 is 0 Å². The molecule has 0 atom stereocenters. The van der Waals surface area contributed by atoms with Crippen LogP contribution in [-0.4, -0.2) is 21.9 Å². The summed E-state index contributed by atoms with van der Waals surface area (Å²) < 4.78 is 5.17. The van der Waals surface area contributed by atoms with Crippen LogP contribution in [-0.2, 0) is 6.42 Å². The average Bonchev–Trinajstić information content (AvgIpc) is 2.87. The molecule has 0 aliphatic carbocycles. The van der Waals surface area contributed by atoms with Crippen LogP contribution in [0.4, 0.5) is 0 Å². The van der Waals surface area contributed by atoms with Crippen LogP contribution in [0.1, 0.15) is 5.76 Å². The lowest BCUT2D eigenvalue weighted by molar-refractivity contribution is 0.277. The standard InChI is InChI=1S/C14H12N2O2/c17-8-6-11-9-13(16-18-11)12-5-1-3-10-4-2-7-15-14(10)12/h1-5,7,9,17H,6,8H2. The van der Waals surface area contributed by atoms with Gasteiger partial charge >= 0.3 is 0 Å². The summed E-state index contributed by atoms with van der Waals surface area (Å²) in [6.45, 7) is 0.0580. The zero-order valence-corrected chi connectivity index (χ0v) is 9.71. The SMILES string of the molecule is OCCc1cc(-c2cccc3cccnc23)no1. The minimum Gasteiger partial charge on any atom is -0.396 e. The Hall–Kier alpha value is -2.20. The zero-order valence-electron chi connectivity index (χ0n) is 9.71. The number of aliphatic hydroxyl groups excluding tert-OH is 1. The molecule has 0 amide bonds. The van der Waals surface area contributed by atoms with Gasteiger partial charge < -0.3 is 9.63 Å². The molecule has 0 saturated heterocycles. The highest BCUT2D eigenvalue weighted by Gasteiger charge is 2.09. The van der Waals surface area contributed by atoms with Gasteiger partial charge in [-0.1, -0.05) is 29.4 Å². The van der Waals surface area contributed by atoms with Gasteiger partial charge in [0.05, 0.1) is 12.1 Å². The highest BCUT2D eigenvalue weighted by molar-refractivity contribution is 5.92. The van der Waals surface area contributed by atoms with Gasteiger partial charge in [0.1, 0.15) is 11.5 Å². The molecule has 0 radical (unpaired) electrons. The Kier molecular flexibility index (Phi) is 2.78. The van der Waals surface area contributed by atoms with Crippen molar-refractivity contribution in [1.82, 2.24) is 10.1 Å². The smallest absolute Gasteiger partial charge is 0.139 e. The Morgan fingerprint density at radius 3 is 2.94 bits per heavy atom. The third kappa shape index (κ3) is 1.87. The van der Waals surface area contributed by atoms with E-state index in [4.69, 9.17) is 9.63 Å². The number of nitrogens with zero attached hydrogens (tertiary/aromatic N) is 2. The molecule has 0 fully saturated rings. The molecule has 18 heavy (non-hydrogen) atoms. The molecular weight excluding hydrogens is 228 g/mol. The van der Waals surface area contributed by atoms with Crippen molar-refractivity contribution in [3.8, 4) is 11.3 Å².